The molecule has 1 fully saturated rings. The third-order valence-electron chi connectivity index (χ3n) is 7.99. The van der Waals surface area contributed by atoms with E-state index in [9.17, 15) is 18.0 Å². The monoisotopic (exact) mass is 583 g/mol. The molecule has 1 atom stereocenters. The summed E-state index contributed by atoms with van der Waals surface area (Å²) in [5, 5.41) is 12.4. The summed E-state index contributed by atoms with van der Waals surface area (Å²) in [6.07, 6.45) is 0.766. The lowest BCUT2D eigenvalue weighted by Gasteiger charge is -2.27. The van der Waals surface area contributed by atoms with Crippen LogP contribution < -0.4 is 5.32 Å². The van der Waals surface area contributed by atoms with E-state index in [4.69, 9.17) is 0 Å². The molecule has 5 heterocycles. The fourth-order valence-electron chi connectivity index (χ4n) is 5.79. The van der Waals surface area contributed by atoms with Gasteiger partial charge in [-0.05, 0) is 67.9 Å². The second-order valence-electron chi connectivity index (χ2n) is 11.2. The van der Waals surface area contributed by atoms with Crippen molar-refractivity contribution in [2.45, 2.75) is 44.7 Å². The molecule has 12 heteroatoms. The summed E-state index contributed by atoms with van der Waals surface area (Å²) in [6, 6.07) is 6.35. The lowest BCUT2D eigenvalue weighted by atomic mass is 10.0. The van der Waals surface area contributed by atoms with Crippen LogP contribution in [0.3, 0.4) is 0 Å². The molecular weight excluding hydrogens is 551 g/mol. The summed E-state index contributed by atoms with van der Waals surface area (Å²) in [5.74, 6) is -0.371. The number of alkyl halides is 3. The number of rotatable bonds is 7. The van der Waals surface area contributed by atoms with Crippen LogP contribution in [0.5, 0.6) is 0 Å². The Morgan fingerprint density at radius 2 is 1.95 bits per heavy atom. The highest BCUT2D eigenvalue weighted by Gasteiger charge is 2.32. The first kappa shape index (κ1) is 27.8. The smallest absolute Gasteiger partial charge is 0.322 e. The standard InChI is InChI=1S/C29H32F3N7OS/c1-37(2)23-3-5-38(15-23)13-18-8-21(29(30,31)32)10-22(9-18)35-28(40)25-17-41-26-16-39(6-4-24(25)26)14-19-7-20-12-34-36-27(20)33-11-19/h7-12,17,23H,3-6,13-16H2,1-2H3,(H,35,40)(H,33,34,36)/t23-/m1/s1. The van der Waals surface area contributed by atoms with Crippen LogP contribution in [0.25, 0.3) is 11.0 Å². The molecule has 2 aliphatic rings. The molecule has 216 valence electrons. The SMILES string of the molecule is CN(C)[C@@H]1CCN(Cc2cc(NC(=O)c3csc4c3CCN(Cc3cnc5[nH]ncc5c3)C4)cc(C(F)(F)F)c2)C1. The van der Waals surface area contributed by atoms with Crippen molar-refractivity contribution in [3.8, 4) is 0 Å². The summed E-state index contributed by atoms with van der Waals surface area (Å²) in [5.41, 5.74) is 3.32. The molecule has 0 bridgehead atoms. The molecule has 41 heavy (non-hydrogen) atoms. The van der Waals surface area contributed by atoms with Crippen LogP contribution >= 0.6 is 11.3 Å². The number of nitrogens with zero attached hydrogens (tertiary/aromatic N) is 5. The largest absolute Gasteiger partial charge is 0.416 e. The number of benzene rings is 1. The molecule has 0 unspecified atom stereocenters. The average molecular weight is 584 g/mol. The van der Waals surface area contributed by atoms with Gasteiger partial charge in [-0.3, -0.25) is 19.7 Å². The summed E-state index contributed by atoms with van der Waals surface area (Å²) in [6.45, 7) is 4.24. The van der Waals surface area contributed by atoms with Gasteiger partial charge in [0.2, 0.25) is 0 Å². The molecule has 0 saturated carbocycles. The zero-order chi connectivity index (χ0) is 28.7. The summed E-state index contributed by atoms with van der Waals surface area (Å²) in [4.78, 5) is 25.5. The number of carbonyl (C=O) groups excluding carboxylic acids is 1. The number of pyridine rings is 1. The van der Waals surface area contributed by atoms with Gasteiger partial charge >= 0.3 is 6.18 Å². The second kappa shape index (κ2) is 11.2. The van der Waals surface area contributed by atoms with Gasteiger partial charge in [0.15, 0.2) is 5.65 Å². The van der Waals surface area contributed by atoms with Gasteiger partial charge < -0.3 is 10.2 Å². The molecule has 6 rings (SSSR count). The lowest BCUT2D eigenvalue weighted by Crippen LogP contribution is -2.31. The van der Waals surface area contributed by atoms with E-state index in [1.54, 1.807) is 12.3 Å². The summed E-state index contributed by atoms with van der Waals surface area (Å²) < 4.78 is 41.3. The first-order valence-corrected chi connectivity index (χ1v) is 14.5. The zero-order valence-corrected chi connectivity index (χ0v) is 23.8. The number of likely N-dealkylation sites (tertiary alicyclic amines) is 1. The van der Waals surface area contributed by atoms with E-state index in [1.807, 2.05) is 25.7 Å². The van der Waals surface area contributed by atoms with Crippen molar-refractivity contribution < 1.29 is 18.0 Å². The van der Waals surface area contributed by atoms with Crippen LogP contribution in [0, 0.1) is 0 Å². The highest BCUT2D eigenvalue weighted by Crippen LogP contribution is 2.34. The number of halogens is 3. The Kier molecular flexibility index (Phi) is 7.58. The minimum absolute atomic E-state index is 0.169. The number of hydrogen-bond donors (Lipinski definition) is 2. The van der Waals surface area contributed by atoms with Crippen LogP contribution in [0.2, 0.25) is 0 Å². The van der Waals surface area contributed by atoms with Crippen molar-refractivity contribution in [1.82, 2.24) is 29.9 Å². The minimum atomic E-state index is -4.50. The van der Waals surface area contributed by atoms with Crippen molar-refractivity contribution in [2.24, 2.45) is 0 Å². The average Bonchev–Trinajstić information content (AvgIpc) is 3.67. The fourth-order valence-corrected chi connectivity index (χ4v) is 6.91. The molecule has 0 spiro atoms. The van der Waals surface area contributed by atoms with Gasteiger partial charge in [-0.1, -0.05) is 0 Å². The molecule has 3 aromatic heterocycles. The Morgan fingerprint density at radius 1 is 1.12 bits per heavy atom. The highest BCUT2D eigenvalue weighted by molar-refractivity contribution is 7.10. The predicted molar refractivity (Wildman–Crippen MR) is 153 cm³/mol. The number of nitrogens with one attached hydrogen (secondary N) is 2. The van der Waals surface area contributed by atoms with Crippen LogP contribution in [0.4, 0.5) is 18.9 Å². The normalized spacial score (nSPS) is 18.3. The summed E-state index contributed by atoms with van der Waals surface area (Å²) >= 11 is 1.52. The third-order valence-corrected chi connectivity index (χ3v) is 9.00. The Balaban J connectivity index is 1.15. The Labute approximate surface area is 240 Å². The van der Waals surface area contributed by atoms with Gasteiger partial charge in [-0.2, -0.15) is 18.3 Å². The third kappa shape index (κ3) is 6.15. The predicted octanol–water partition coefficient (Wildman–Crippen LogP) is 4.98. The second-order valence-corrected chi connectivity index (χ2v) is 12.1. The van der Waals surface area contributed by atoms with Gasteiger partial charge in [-0.25, -0.2) is 4.98 Å². The first-order valence-electron chi connectivity index (χ1n) is 13.6. The number of anilines is 1. The zero-order valence-electron chi connectivity index (χ0n) is 23.0. The Hall–Kier alpha value is -3.32. The molecule has 0 aliphatic carbocycles. The number of carbonyl (C=O) groups is 1. The number of fused-ring (bicyclic) bond motifs is 2. The number of aromatic nitrogens is 3. The van der Waals surface area contributed by atoms with Gasteiger partial charge in [-0.15, -0.1) is 11.3 Å². The number of hydrogen-bond acceptors (Lipinski definition) is 7. The molecule has 4 aromatic rings. The molecule has 8 nitrogen and oxygen atoms in total. The van der Waals surface area contributed by atoms with Crippen molar-refractivity contribution in [1.29, 1.82) is 0 Å². The maximum absolute atomic E-state index is 13.8. The van der Waals surface area contributed by atoms with Crippen LogP contribution in [-0.2, 0) is 32.2 Å². The van der Waals surface area contributed by atoms with E-state index in [0.29, 0.717) is 36.7 Å². The van der Waals surface area contributed by atoms with Gasteiger partial charge in [0.25, 0.3) is 5.91 Å². The molecule has 0 radical (unpaired) electrons. The Morgan fingerprint density at radius 3 is 2.73 bits per heavy atom. The van der Waals surface area contributed by atoms with E-state index in [2.05, 4.69) is 41.3 Å². The fraction of sp³-hybridized carbons (Fsp3) is 0.414. The van der Waals surface area contributed by atoms with Gasteiger partial charge in [0.05, 0.1) is 17.3 Å². The minimum Gasteiger partial charge on any atom is -0.322 e. The van der Waals surface area contributed by atoms with E-state index in [1.165, 1.54) is 17.4 Å². The van der Waals surface area contributed by atoms with Crippen LogP contribution in [0.1, 0.15) is 43.9 Å². The van der Waals surface area contributed by atoms with Crippen molar-refractivity contribution >= 4 is 34.0 Å². The number of likely N-dealkylation sites (N-methyl/N-ethyl adjacent to an activating group) is 1. The number of aromatic amines is 1. The lowest BCUT2D eigenvalue weighted by molar-refractivity contribution is -0.137. The molecule has 1 saturated heterocycles. The maximum atomic E-state index is 13.8. The van der Waals surface area contributed by atoms with Gasteiger partial charge in [0, 0.05) is 72.8 Å². The van der Waals surface area contributed by atoms with Crippen molar-refractivity contribution in [3.05, 3.63) is 74.7 Å². The van der Waals surface area contributed by atoms with Gasteiger partial charge in [0.1, 0.15) is 0 Å². The molecule has 2 aliphatic heterocycles. The first-order chi connectivity index (χ1) is 19.6. The van der Waals surface area contributed by atoms with E-state index >= 15 is 0 Å². The van der Waals surface area contributed by atoms with Crippen LogP contribution in [0.15, 0.2) is 42.0 Å². The van der Waals surface area contributed by atoms with E-state index in [0.717, 1.165) is 65.7 Å². The van der Waals surface area contributed by atoms with E-state index in [-0.39, 0.29) is 11.6 Å². The Bertz CT molecular complexity index is 1560. The maximum Gasteiger partial charge on any atom is 0.416 e. The number of amides is 1. The van der Waals surface area contributed by atoms with E-state index < -0.39 is 11.7 Å². The molecule has 1 aromatic carbocycles. The number of H-pyrrole nitrogens is 1. The molecular formula is C29H32F3N7OS. The van der Waals surface area contributed by atoms with Crippen molar-refractivity contribution in [2.75, 3.05) is 39.0 Å². The molecule has 1 amide bonds. The van der Waals surface area contributed by atoms with Crippen LogP contribution in [-0.4, -0.2) is 75.6 Å². The highest BCUT2D eigenvalue weighted by atomic mass is 32.1. The topological polar surface area (TPSA) is 80.4 Å². The summed E-state index contributed by atoms with van der Waals surface area (Å²) in [7, 11) is 4.04. The quantitative estimate of drug-likeness (QED) is 0.319. The van der Waals surface area contributed by atoms with Crippen molar-refractivity contribution in [3.63, 3.8) is 0 Å². The number of thiophene rings is 1. The molecule has 2 N–H and O–H groups in total.